The van der Waals surface area contributed by atoms with Gasteiger partial charge in [-0.25, -0.2) is 0 Å². The standard InChI is InChI=1S/C13H23N3O2/c1-7(13(18)16(2)3)15-12(17)10-8-4-5-9(6-8)11(10)14/h7-11H,4-6,14H2,1-3H3,(H,15,17). The first-order valence-corrected chi connectivity index (χ1v) is 6.69. The Morgan fingerprint density at radius 1 is 1.28 bits per heavy atom. The molecule has 0 aromatic heterocycles. The van der Waals surface area contributed by atoms with E-state index in [4.69, 9.17) is 5.73 Å². The number of hydrogen-bond donors (Lipinski definition) is 2. The average Bonchev–Trinajstić information content (AvgIpc) is 2.87. The molecule has 5 nitrogen and oxygen atoms in total. The van der Waals surface area contributed by atoms with Crippen molar-refractivity contribution in [1.82, 2.24) is 10.2 Å². The van der Waals surface area contributed by atoms with Gasteiger partial charge >= 0.3 is 0 Å². The molecule has 2 fully saturated rings. The Morgan fingerprint density at radius 2 is 1.89 bits per heavy atom. The summed E-state index contributed by atoms with van der Waals surface area (Å²) in [6.45, 7) is 1.72. The Hall–Kier alpha value is -1.10. The molecule has 0 spiro atoms. The van der Waals surface area contributed by atoms with Gasteiger partial charge in [0.15, 0.2) is 0 Å². The topological polar surface area (TPSA) is 75.4 Å². The van der Waals surface area contributed by atoms with Gasteiger partial charge in [-0.3, -0.25) is 9.59 Å². The Morgan fingerprint density at radius 3 is 2.39 bits per heavy atom. The molecule has 2 bridgehead atoms. The highest BCUT2D eigenvalue weighted by Crippen LogP contribution is 2.47. The van der Waals surface area contributed by atoms with Crippen LogP contribution in [-0.2, 0) is 9.59 Å². The van der Waals surface area contributed by atoms with Crippen LogP contribution < -0.4 is 11.1 Å². The molecule has 2 amide bonds. The van der Waals surface area contributed by atoms with Gasteiger partial charge in [0.25, 0.3) is 0 Å². The van der Waals surface area contributed by atoms with Gasteiger partial charge in [0.1, 0.15) is 6.04 Å². The molecular formula is C13H23N3O2. The van der Waals surface area contributed by atoms with Crippen molar-refractivity contribution in [2.45, 2.75) is 38.3 Å². The van der Waals surface area contributed by atoms with E-state index in [9.17, 15) is 9.59 Å². The molecule has 2 rings (SSSR count). The Balaban J connectivity index is 1.94. The van der Waals surface area contributed by atoms with Gasteiger partial charge in [0.2, 0.25) is 11.8 Å². The summed E-state index contributed by atoms with van der Waals surface area (Å²) >= 11 is 0. The Kier molecular flexibility index (Phi) is 3.61. The lowest BCUT2D eigenvalue weighted by atomic mass is 9.84. The molecule has 102 valence electrons. The Labute approximate surface area is 108 Å². The highest BCUT2D eigenvalue weighted by atomic mass is 16.2. The van der Waals surface area contributed by atoms with Crippen LogP contribution >= 0.6 is 0 Å². The minimum absolute atomic E-state index is 0.0228. The summed E-state index contributed by atoms with van der Waals surface area (Å²) in [7, 11) is 3.38. The smallest absolute Gasteiger partial charge is 0.244 e. The quantitative estimate of drug-likeness (QED) is 0.740. The number of nitrogens with one attached hydrogen (secondary N) is 1. The number of nitrogens with two attached hydrogens (primary N) is 1. The fraction of sp³-hybridized carbons (Fsp3) is 0.846. The van der Waals surface area contributed by atoms with Gasteiger partial charge in [0.05, 0.1) is 5.92 Å². The van der Waals surface area contributed by atoms with Gasteiger partial charge in [-0.15, -0.1) is 0 Å². The number of likely N-dealkylation sites (N-methyl/N-ethyl adjacent to an activating group) is 1. The molecule has 0 saturated heterocycles. The highest BCUT2D eigenvalue weighted by molar-refractivity contribution is 5.88. The molecule has 5 atom stereocenters. The van der Waals surface area contributed by atoms with Crippen molar-refractivity contribution >= 4 is 11.8 Å². The molecule has 2 aliphatic rings. The molecule has 3 N–H and O–H groups in total. The highest BCUT2D eigenvalue weighted by Gasteiger charge is 2.49. The van der Waals surface area contributed by atoms with Crippen molar-refractivity contribution in [3.05, 3.63) is 0 Å². The molecule has 2 saturated carbocycles. The number of fused-ring (bicyclic) bond motifs is 2. The summed E-state index contributed by atoms with van der Waals surface area (Å²) in [5.41, 5.74) is 6.12. The van der Waals surface area contributed by atoms with Gasteiger partial charge < -0.3 is 16.0 Å². The lowest BCUT2D eigenvalue weighted by Gasteiger charge is -2.28. The third-order valence-electron chi connectivity index (χ3n) is 4.45. The second-order valence-electron chi connectivity index (χ2n) is 5.90. The van der Waals surface area contributed by atoms with Crippen molar-refractivity contribution in [3.63, 3.8) is 0 Å². The lowest BCUT2D eigenvalue weighted by Crippen LogP contribution is -2.51. The maximum Gasteiger partial charge on any atom is 0.244 e. The van der Waals surface area contributed by atoms with Gasteiger partial charge in [0, 0.05) is 20.1 Å². The summed E-state index contributed by atoms with van der Waals surface area (Å²) in [6, 6.07) is -0.496. The van der Waals surface area contributed by atoms with Gasteiger partial charge in [-0.05, 0) is 38.0 Å². The number of amides is 2. The molecule has 2 aliphatic carbocycles. The van der Waals surface area contributed by atoms with E-state index in [1.807, 2.05) is 0 Å². The van der Waals surface area contributed by atoms with Crippen LogP contribution in [0.15, 0.2) is 0 Å². The molecule has 18 heavy (non-hydrogen) atoms. The number of carbonyl (C=O) groups is 2. The lowest BCUT2D eigenvalue weighted by molar-refractivity contribution is -0.136. The van der Waals surface area contributed by atoms with Crippen LogP contribution in [0.4, 0.5) is 0 Å². The average molecular weight is 253 g/mol. The maximum absolute atomic E-state index is 12.2. The summed E-state index contributed by atoms with van der Waals surface area (Å²) in [4.78, 5) is 25.4. The van der Waals surface area contributed by atoms with Crippen molar-refractivity contribution in [1.29, 1.82) is 0 Å². The van der Waals surface area contributed by atoms with Crippen LogP contribution in [0.1, 0.15) is 26.2 Å². The van der Waals surface area contributed by atoms with E-state index in [1.165, 1.54) is 4.90 Å². The second-order valence-corrected chi connectivity index (χ2v) is 5.90. The van der Waals surface area contributed by atoms with E-state index < -0.39 is 6.04 Å². The normalized spacial score (nSPS) is 35.3. The van der Waals surface area contributed by atoms with Crippen molar-refractivity contribution in [2.75, 3.05) is 14.1 Å². The van der Waals surface area contributed by atoms with Crippen LogP contribution in [0, 0.1) is 17.8 Å². The van der Waals surface area contributed by atoms with Crippen molar-refractivity contribution in [2.24, 2.45) is 23.5 Å². The van der Waals surface area contributed by atoms with Crippen LogP contribution in [0.3, 0.4) is 0 Å². The first-order valence-electron chi connectivity index (χ1n) is 6.69. The molecule has 0 radical (unpaired) electrons. The second kappa shape index (κ2) is 4.88. The fourth-order valence-electron chi connectivity index (χ4n) is 3.48. The maximum atomic E-state index is 12.2. The van der Waals surface area contributed by atoms with Crippen LogP contribution in [0.5, 0.6) is 0 Å². The number of rotatable bonds is 3. The molecule has 0 aromatic rings. The van der Waals surface area contributed by atoms with E-state index >= 15 is 0 Å². The SMILES string of the molecule is CC(NC(=O)C1C2CCC(C2)C1N)C(=O)N(C)C. The van der Waals surface area contributed by atoms with Crippen molar-refractivity contribution < 1.29 is 9.59 Å². The van der Waals surface area contributed by atoms with Crippen molar-refractivity contribution in [3.8, 4) is 0 Å². The fourth-order valence-corrected chi connectivity index (χ4v) is 3.48. The minimum Gasteiger partial charge on any atom is -0.347 e. The molecule has 0 aliphatic heterocycles. The van der Waals surface area contributed by atoms with Gasteiger partial charge in [-0.2, -0.15) is 0 Å². The monoisotopic (exact) mass is 253 g/mol. The molecular weight excluding hydrogens is 230 g/mol. The Bertz CT molecular complexity index is 354. The number of nitrogens with zero attached hydrogens (tertiary/aromatic N) is 1. The zero-order chi connectivity index (χ0) is 13.4. The third-order valence-corrected chi connectivity index (χ3v) is 4.45. The van der Waals surface area contributed by atoms with E-state index in [2.05, 4.69) is 5.32 Å². The predicted molar refractivity (Wildman–Crippen MR) is 68.6 cm³/mol. The molecule has 0 heterocycles. The zero-order valence-electron chi connectivity index (χ0n) is 11.3. The zero-order valence-corrected chi connectivity index (χ0v) is 11.3. The summed E-state index contributed by atoms with van der Waals surface area (Å²) < 4.78 is 0. The predicted octanol–water partition coefficient (Wildman–Crippen LogP) is -0.0473. The van der Waals surface area contributed by atoms with E-state index in [0.717, 1.165) is 19.3 Å². The molecule has 5 heteroatoms. The molecule has 5 unspecified atom stereocenters. The molecule has 0 aromatic carbocycles. The number of carbonyl (C=O) groups excluding carboxylic acids is 2. The van der Waals surface area contributed by atoms with Crippen LogP contribution in [-0.4, -0.2) is 42.9 Å². The van der Waals surface area contributed by atoms with E-state index in [0.29, 0.717) is 11.8 Å². The summed E-state index contributed by atoms with van der Waals surface area (Å²) in [5.74, 6) is 0.705. The number of hydrogen-bond acceptors (Lipinski definition) is 3. The summed E-state index contributed by atoms with van der Waals surface area (Å²) in [6.07, 6.45) is 3.34. The largest absolute Gasteiger partial charge is 0.347 e. The third kappa shape index (κ3) is 2.23. The van der Waals surface area contributed by atoms with Crippen LogP contribution in [0.2, 0.25) is 0 Å². The van der Waals surface area contributed by atoms with E-state index in [1.54, 1.807) is 21.0 Å². The minimum atomic E-state index is -0.473. The first-order chi connectivity index (χ1) is 8.41. The van der Waals surface area contributed by atoms with Crippen LogP contribution in [0.25, 0.3) is 0 Å². The van der Waals surface area contributed by atoms with Gasteiger partial charge in [-0.1, -0.05) is 0 Å². The summed E-state index contributed by atoms with van der Waals surface area (Å²) in [5, 5.41) is 2.81. The first kappa shape index (κ1) is 13.3. The van der Waals surface area contributed by atoms with E-state index in [-0.39, 0.29) is 23.8 Å².